The predicted octanol–water partition coefficient (Wildman–Crippen LogP) is 2.84. The molecule has 0 spiro atoms. The zero-order valence-electron chi connectivity index (χ0n) is 15.1. The number of rotatable bonds is 4. The summed E-state index contributed by atoms with van der Waals surface area (Å²) in [4.78, 5) is 17.6. The molecule has 1 atom stereocenters. The fraction of sp³-hybridized carbons (Fsp3) is 0.632. The summed E-state index contributed by atoms with van der Waals surface area (Å²) in [6.45, 7) is 10.2. The lowest BCUT2D eigenvalue weighted by atomic mass is 9.84. The smallest absolute Gasteiger partial charge is 0.228 e. The summed E-state index contributed by atoms with van der Waals surface area (Å²) < 4.78 is 0. The van der Waals surface area contributed by atoms with Gasteiger partial charge in [-0.25, -0.2) is 0 Å². The zero-order valence-corrected chi connectivity index (χ0v) is 16.7. The monoisotopic (exact) mass is 385 g/mol. The highest BCUT2D eigenvalue weighted by molar-refractivity contribution is 6.30. The number of nitrogens with one attached hydrogen (secondary N) is 1. The van der Waals surface area contributed by atoms with Crippen molar-refractivity contribution in [3.8, 4) is 0 Å². The normalized spacial score (nSPS) is 21.9. The maximum absolute atomic E-state index is 13.0. The summed E-state index contributed by atoms with van der Waals surface area (Å²) in [5, 5.41) is 4.13. The van der Waals surface area contributed by atoms with E-state index < -0.39 is 5.41 Å². The standard InChI is InChI=1S/C19H28ClN3O.ClH/c1-19(2,13-15-4-3-5-16(20)12-15)18(24)23-9-6-17(14-23)22-10-7-21-8-11-22;/h3-5,12,17,21H,6-11,13-14H2,1-2H3;1H. The van der Waals surface area contributed by atoms with Gasteiger partial charge in [0.15, 0.2) is 0 Å². The molecule has 6 heteroatoms. The molecule has 0 radical (unpaired) electrons. The van der Waals surface area contributed by atoms with E-state index in [0.717, 1.165) is 62.7 Å². The molecule has 4 nitrogen and oxygen atoms in total. The molecule has 2 fully saturated rings. The van der Waals surface area contributed by atoms with Gasteiger partial charge in [0.2, 0.25) is 5.91 Å². The Morgan fingerprint density at radius 3 is 2.68 bits per heavy atom. The first-order chi connectivity index (χ1) is 11.5. The molecular weight excluding hydrogens is 357 g/mol. The Bertz CT molecular complexity index is 588. The molecule has 140 valence electrons. The van der Waals surface area contributed by atoms with Crippen molar-refractivity contribution in [1.82, 2.24) is 15.1 Å². The Kier molecular flexibility index (Phi) is 7.15. The average Bonchev–Trinajstić information content (AvgIpc) is 3.04. The maximum Gasteiger partial charge on any atom is 0.228 e. The largest absolute Gasteiger partial charge is 0.341 e. The molecule has 2 aliphatic rings. The number of nitrogens with zero attached hydrogens (tertiary/aromatic N) is 2. The predicted molar refractivity (Wildman–Crippen MR) is 106 cm³/mol. The highest BCUT2D eigenvalue weighted by Crippen LogP contribution is 2.28. The third-order valence-electron chi connectivity index (χ3n) is 5.23. The van der Waals surface area contributed by atoms with Gasteiger partial charge in [-0.2, -0.15) is 0 Å². The van der Waals surface area contributed by atoms with Crippen LogP contribution < -0.4 is 5.32 Å². The van der Waals surface area contributed by atoms with Crippen LogP contribution in [0, 0.1) is 5.41 Å². The Hall–Kier alpha value is -0.810. The van der Waals surface area contributed by atoms with Crippen LogP contribution in [0.5, 0.6) is 0 Å². The number of carbonyl (C=O) groups is 1. The zero-order chi connectivity index (χ0) is 17.2. The fourth-order valence-corrected chi connectivity index (χ4v) is 4.15. The second-order valence-corrected chi connectivity index (χ2v) is 8.11. The van der Waals surface area contributed by atoms with Crippen molar-refractivity contribution in [2.75, 3.05) is 39.3 Å². The average molecular weight is 386 g/mol. The number of likely N-dealkylation sites (tertiary alicyclic amines) is 1. The third kappa shape index (κ3) is 5.10. The summed E-state index contributed by atoms with van der Waals surface area (Å²) in [5.41, 5.74) is 0.724. The van der Waals surface area contributed by atoms with Crippen molar-refractivity contribution >= 4 is 29.9 Å². The molecule has 2 heterocycles. The Labute approximate surface area is 162 Å². The summed E-state index contributed by atoms with van der Waals surface area (Å²) in [5.74, 6) is 0.264. The second kappa shape index (κ2) is 8.72. The molecule has 3 rings (SSSR count). The quantitative estimate of drug-likeness (QED) is 0.865. The van der Waals surface area contributed by atoms with E-state index in [0.29, 0.717) is 6.04 Å². The van der Waals surface area contributed by atoms with Crippen molar-refractivity contribution < 1.29 is 4.79 Å². The first-order valence-electron chi connectivity index (χ1n) is 8.94. The Morgan fingerprint density at radius 2 is 2.00 bits per heavy atom. The molecule has 2 aliphatic heterocycles. The Balaban J connectivity index is 0.00000225. The molecule has 2 saturated heterocycles. The number of piperazine rings is 1. The topological polar surface area (TPSA) is 35.6 Å². The van der Waals surface area contributed by atoms with Crippen LogP contribution in [0.4, 0.5) is 0 Å². The lowest BCUT2D eigenvalue weighted by Gasteiger charge is -2.33. The van der Waals surface area contributed by atoms with Crippen LogP contribution in [0.1, 0.15) is 25.8 Å². The van der Waals surface area contributed by atoms with Crippen LogP contribution in [0.25, 0.3) is 0 Å². The van der Waals surface area contributed by atoms with Gasteiger partial charge in [-0.1, -0.05) is 37.6 Å². The summed E-state index contributed by atoms with van der Waals surface area (Å²) in [6, 6.07) is 8.36. The van der Waals surface area contributed by atoms with Crippen molar-refractivity contribution in [3.63, 3.8) is 0 Å². The fourth-order valence-electron chi connectivity index (χ4n) is 3.93. The molecule has 1 amide bonds. The summed E-state index contributed by atoms with van der Waals surface area (Å²) in [6.07, 6.45) is 1.82. The molecule has 0 aromatic heterocycles. The van der Waals surface area contributed by atoms with Gasteiger partial charge in [-0.3, -0.25) is 9.69 Å². The van der Waals surface area contributed by atoms with Gasteiger partial charge >= 0.3 is 0 Å². The van der Waals surface area contributed by atoms with Gasteiger partial charge in [0.05, 0.1) is 0 Å². The van der Waals surface area contributed by atoms with E-state index in [1.807, 2.05) is 32.0 Å². The van der Waals surface area contributed by atoms with E-state index in [4.69, 9.17) is 11.6 Å². The minimum atomic E-state index is -0.400. The minimum absolute atomic E-state index is 0. The molecule has 0 aliphatic carbocycles. The molecule has 0 bridgehead atoms. The number of benzene rings is 1. The van der Waals surface area contributed by atoms with Crippen LogP contribution in [-0.2, 0) is 11.2 Å². The second-order valence-electron chi connectivity index (χ2n) is 7.67. The minimum Gasteiger partial charge on any atom is -0.341 e. The molecular formula is C19H29Cl2N3O. The van der Waals surface area contributed by atoms with Crippen molar-refractivity contribution in [2.24, 2.45) is 5.41 Å². The van der Waals surface area contributed by atoms with Crippen molar-refractivity contribution in [3.05, 3.63) is 34.9 Å². The van der Waals surface area contributed by atoms with Crippen LogP contribution >= 0.6 is 24.0 Å². The van der Waals surface area contributed by atoms with Crippen LogP contribution in [0.2, 0.25) is 5.02 Å². The number of amides is 1. The first kappa shape index (κ1) is 20.5. The molecule has 0 saturated carbocycles. The number of carbonyl (C=O) groups excluding carboxylic acids is 1. The van der Waals surface area contributed by atoms with Gasteiger partial charge in [0.1, 0.15) is 0 Å². The van der Waals surface area contributed by atoms with Crippen LogP contribution in [0.3, 0.4) is 0 Å². The summed E-state index contributed by atoms with van der Waals surface area (Å²) in [7, 11) is 0. The molecule has 1 N–H and O–H groups in total. The number of hydrogen-bond acceptors (Lipinski definition) is 3. The highest BCUT2D eigenvalue weighted by Gasteiger charge is 2.37. The maximum atomic E-state index is 13.0. The first-order valence-corrected chi connectivity index (χ1v) is 9.32. The van der Waals surface area contributed by atoms with Gasteiger partial charge in [-0.15, -0.1) is 12.4 Å². The van der Waals surface area contributed by atoms with Crippen LogP contribution in [-0.4, -0.2) is 61.0 Å². The van der Waals surface area contributed by atoms with Gasteiger partial charge in [-0.05, 0) is 30.5 Å². The van der Waals surface area contributed by atoms with E-state index in [1.165, 1.54) is 0 Å². The molecule has 1 aromatic carbocycles. The van der Waals surface area contributed by atoms with E-state index in [-0.39, 0.29) is 18.3 Å². The lowest BCUT2D eigenvalue weighted by Crippen LogP contribution is -2.50. The summed E-state index contributed by atoms with van der Waals surface area (Å²) >= 11 is 6.08. The van der Waals surface area contributed by atoms with E-state index in [1.54, 1.807) is 0 Å². The molecule has 1 unspecified atom stereocenters. The number of halogens is 2. The van der Waals surface area contributed by atoms with Crippen molar-refractivity contribution in [1.29, 1.82) is 0 Å². The van der Waals surface area contributed by atoms with Gasteiger partial charge in [0.25, 0.3) is 0 Å². The van der Waals surface area contributed by atoms with E-state index in [2.05, 4.69) is 21.2 Å². The SMILES string of the molecule is CC(C)(Cc1cccc(Cl)c1)C(=O)N1CCC(N2CCNCC2)C1.Cl. The molecule has 25 heavy (non-hydrogen) atoms. The van der Waals surface area contributed by atoms with Crippen LogP contribution in [0.15, 0.2) is 24.3 Å². The van der Waals surface area contributed by atoms with E-state index >= 15 is 0 Å². The molecule has 1 aromatic rings. The lowest BCUT2D eigenvalue weighted by molar-refractivity contribution is -0.139. The van der Waals surface area contributed by atoms with Gasteiger partial charge < -0.3 is 10.2 Å². The number of hydrogen-bond donors (Lipinski definition) is 1. The highest BCUT2D eigenvalue weighted by atomic mass is 35.5. The van der Waals surface area contributed by atoms with Gasteiger partial charge in [0, 0.05) is 55.7 Å². The third-order valence-corrected chi connectivity index (χ3v) is 5.47. The van der Waals surface area contributed by atoms with Crippen molar-refractivity contribution in [2.45, 2.75) is 32.7 Å². The Morgan fingerprint density at radius 1 is 1.28 bits per heavy atom. The van der Waals surface area contributed by atoms with E-state index in [9.17, 15) is 4.79 Å².